The molecule has 7 nitrogen and oxygen atoms in total. The van der Waals surface area contributed by atoms with Gasteiger partial charge in [0.05, 0.1) is 35.9 Å². The van der Waals surface area contributed by atoms with E-state index in [1.165, 1.54) is 44.6 Å². The summed E-state index contributed by atoms with van der Waals surface area (Å²) in [7, 11) is -1.04. The topological polar surface area (TPSA) is 84.9 Å². The van der Waals surface area contributed by atoms with Gasteiger partial charge in [0.15, 0.2) is 11.5 Å². The molecule has 0 bridgehead atoms. The van der Waals surface area contributed by atoms with E-state index >= 15 is 0 Å². The smallest absolute Gasteiger partial charge is 0.264 e. The van der Waals surface area contributed by atoms with Gasteiger partial charge in [0.25, 0.3) is 10.0 Å². The molecule has 0 aliphatic heterocycles. The summed E-state index contributed by atoms with van der Waals surface area (Å²) in [5.74, 6) is 0.553. The highest BCUT2D eigenvalue weighted by Gasteiger charge is 2.29. The molecule has 1 amide bonds. The molecule has 0 spiro atoms. The minimum atomic E-state index is -4.10. The van der Waals surface area contributed by atoms with Gasteiger partial charge in [-0.15, -0.1) is 0 Å². The molecular formula is C24H24Cl2N2O5S. The zero-order chi connectivity index (χ0) is 24.9. The number of anilines is 1. The van der Waals surface area contributed by atoms with E-state index in [9.17, 15) is 13.2 Å². The Hall–Kier alpha value is -2.94. The summed E-state index contributed by atoms with van der Waals surface area (Å²) in [6.07, 6.45) is 0. The Bertz CT molecular complexity index is 1270. The molecule has 3 aromatic carbocycles. The van der Waals surface area contributed by atoms with Crippen LogP contribution in [0.3, 0.4) is 0 Å². The Labute approximate surface area is 209 Å². The van der Waals surface area contributed by atoms with Crippen molar-refractivity contribution in [1.29, 1.82) is 0 Å². The van der Waals surface area contributed by atoms with Crippen LogP contribution in [0, 0.1) is 0 Å². The van der Waals surface area contributed by atoms with Gasteiger partial charge in [0.1, 0.15) is 6.54 Å². The summed E-state index contributed by atoms with van der Waals surface area (Å²) in [6, 6.07) is 17.1. The van der Waals surface area contributed by atoms with E-state index in [1.54, 1.807) is 43.3 Å². The van der Waals surface area contributed by atoms with Gasteiger partial charge in [-0.1, -0.05) is 47.5 Å². The first-order valence-electron chi connectivity index (χ1n) is 10.2. The first-order valence-corrected chi connectivity index (χ1v) is 12.4. The van der Waals surface area contributed by atoms with Crippen LogP contribution < -0.4 is 19.1 Å². The van der Waals surface area contributed by atoms with E-state index in [0.717, 1.165) is 9.87 Å². The minimum Gasteiger partial charge on any atom is -0.493 e. The van der Waals surface area contributed by atoms with Gasteiger partial charge in [0, 0.05) is 5.02 Å². The zero-order valence-corrected chi connectivity index (χ0v) is 21.1. The van der Waals surface area contributed by atoms with Crippen molar-refractivity contribution in [1.82, 2.24) is 5.32 Å². The number of carbonyl (C=O) groups excluding carboxylic acids is 1. The van der Waals surface area contributed by atoms with Crippen molar-refractivity contribution in [3.05, 3.63) is 82.3 Å². The molecule has 0 aromatic heterocycles. The maximum absolute atomic E-state index is 13.4. The first kappa shape index (κ1) is 25.7. The van der Waals surface area contributed by atoms with Crippen molar-refractivity contribution in [2.24, 2.45) is 0 Å². The molecule has 0 aliphatic rings. The normalized spacial score (nSPS) is 12.0. The van der Waals surface area contributed by atoms with Crippen LogP contribution in [0.2, 0.25) is 10.0 Å². The number of hydrogen-bond acceptors (Lipinski definition) is 5. The molecule has 0 fully saturated rings. The molecule has 3 aromatic rings. The van der Waals surface area contributed by atoms with Crippen LogP contribution in [0.25, 0.3) is 0 Å². The van der Waals surface area contributed by atoms with Crippen LogP contribution in [-0.2, 0) is 14.8 Å². The van der Waals surface area contributed by atoms with Crippen LogP contribution in [0.1, 0.15) is 18.5 Å². The lowest BCUT2D eigenvalue weighted by Crippen LogP contribution is -2.41. The van der Waals surface area contributed by atoms with Crippen molar-refractivity contribution in [2.45, 2.75) is 17.9 Å². The monoisotopic (exact) mass is 522 g/mol. The highest BCUT2D eigenvalue weighted by Crippen LogP contribution is 2.33. The molecule has 0 radical (unpaired) electrons. The number of nitrogens with zero attached hydrogens (tertiary/aromatic N) is 1. The molecule has 0 unspecified atom stereocenters. The van der Waals surface area contributed by atoms with Crippen molar-refractivity contribution in [3.8, 4) is 11.5 Å². The van der Waals surface area contributed by atoms with E-state index in [2.05, 4.69) is 5.32 Å². The third kappa shape index (κ3) is 5.75. The number of rotatable bonds is 9. The average molecular weight is 523 g/mol. The summed E-state index contributed by atoms with van der Waals surface area (Å²) in [5, 5.41) is 3.28. The number of amides is 1. The number of sulfonamides is 1. The van der Waals surface area contributed by atoms with Crippen molar-refractivity contribution < 1.29 is 22.7 Å². The van der Waals surface area contributed by atoms with Crippen LogP contribution in [0.15, 0.2) is 71.6 Å². The fourth-order valence-electron chi connectivity index (χ4n) is 3.33. The van der Waals surface area contributed by atoms with Gasteiger partial charge in [-0.3, -0.25) is 9.10 Å². The second-order valence-corrected chi connectivity index (χ2v) is 10.0. The second kappa shape index (κ2) is 11.0. The number of hydrogen-bond donors (Lipinski definition) is 1. The zero-order valence-electron chi connectivity index (χ0n) is 18.8. The number of halogens is 2. The average Bonchev–Trinajstić information content (AvgIpc) is 2.83. The third-order valence-corrected chi connectivity index (χ3v) is 7.39. The molecular weight excluding hydrogens is 499 g/mol. The van der Waals surface area contributed by atoms with E-state index in [0.29, 0.717) is 16.5 Å². The molecule has 1 N–H and O–H groups in total. The Morgan fingerprint density at radius 1 is 0.971 bits per heavy atom. The molecule has 1 atom stereocenters. The number of nitrogens with one attached hydrogen (secondary N) is 1. The van der Waals surface area contributed by atoms with Crippen LogP contribution in [0.5, 0.6) is 11.5 Å². The van der Waals surface area contributed by atoms with Crippen molar-refractivity contribution in [2.75, 3.05) is 25.1 Å². The van der Waals surface area contributed by atoms with Crippen LogP contribution in [0.4, 0.5) is 5.69 Å². The van der Waals surface area contributed by atoms with Crippen molar-refractivity contribution >= 4 is 44.8 Å². The predicted molar refractivity (Wildman–Crippen MR) is 134 cm³/mol. The van der Waals surface area contributed by atoms with E-state index in [4.69, 9.17) is 32.7 Å². The maximum Gasteiger partial charge on any atom is 0.264 e. The van der Waals surface area contributed by atoms with E-state index in [-0.39, 0.29) is 15.6 Å². The quantitative estimate of drug-likeness (QED) is 0.423. The van der Waals surface area contributed by atoms with Gasteiger partial charge in [-0.05, 0) is 55.0 Å². The number of methoxy groups -OCH3 is 2. The van der Waals surface area contributed by atoms with Gasteiger partial charge < -0.3 is 14.8 Å². The first-order chi connectivity index (χ1) is 16.2. The summed E-state index contributed by atoms with van der Waals surface area (Å²) < 4.78 is 38.4. The lowest BCUT2D eigenvalue weighted by atomic mass is 10.1. The Kier molecular flexibility index (Phi) is 8.30. The molecule has 34 heavy (non-hydrogen) atoms. The summed E-state index contributed by atoms with van der Waals surface area (Å²) in [4.78, 5) is 13.0. The SMILES string of the molecule is COc1ccc([C@H](C)NC(=O)CN(c2ccc(Cl)cc2Cl)S(=O)(=O)c2ccccc2)cc1OC. The Morgan fingerprint density at radius 3 is 2.26 bits per heavy atom. The maximum atomic E-state index is 13.4. The highest BCUT2D eigenvalue weighted by atomic mass is 35.5. The van der Waals surface area contributed by atoms with Gasteiger partial charge in [-0.2, -0.15) is 0 Å². The highest BCUT2D eigenvalue weighted by molar-refractivity contribution is 7.92. The van der Waals surface area contributed by atoms with E-state index < -0.39 is 28.5 Å². The molecule has 0 aliphatic carbocycles. The number of benzene rings is 3. The third-order valence-electron chi connectivity index (χ3n) is 5.08. The van der Waals surface area contributed by atoms with E-state index in [1.807, 2.05) is 0 Å². The fraction of sp³-hybridized carbons (Fsp3) is 0.208. The molecule has 180 valence electrons. The fourth-order valence-corrected chi connectivity index (χ4v) is 5.35. The van der Waals surface area contributed by atoms with Crippen LogP contribution >= 0.6 is 23.2 Å². The van der Waals surface area contributed by atoms with Gasteiger partial charge in [0.2, 0.25) is 5.91 Å². The van der Waals surface area contributed by atoms with Crippen molar-refractivity contribution in [3.63, 3.8) is 0 Å². The summed E-state index contributed by atoms with van der Waals surface area (Å²) in [5.41, 5.74) is 0.900. The molecule has 3 rings (SSSR count). The Morgan fingerprint density at radius 2 is 1.65 bits per heavy atom. The molecule has 0 saturated heterocycles. The molecule has 0 saturated carbocycles. The Balaban J connectivity index is 1.90. The largest absolute Gasteiger partial charge is 0.493 e. The van der Waals surface area contributed by atoms with Gasteiger partial charge >= 0.3 is 0 Å². The summed E-state index contributed by atoms with van der Waals surface area (Å²) >= 11 is 12.3. The molecule has 0 heterocycles. The predicted octanol–water partition coefficient (Wildman–Crippen LogP) is 5.08. The minimum absolute atomic E-state index is 0.0294. The standard InChI is InChI=1S/C24H24Cl2N2O5S/c1-16(17-9-12-22(32-2)23(13-17)33-3)27-24(29)15-28(21-11-10-18(25)14-20(21)26)34(30,31)19-7-5-4-6-8-19/h4-14,16H,15H2,1-3H3,(H,27,29)/t16-/m0/s1. The summed E-state index contributed by atoms with van der Waals surface area (Å²) in [6.45, 7) is 1.29. The lowest BCUT2D eigenvalue weighted by Gasteiger charge is -2.26. The number of ether oxygens (including phenoxy) is 2. The lowest BCUT2D eigenvalue weighted by molar-refractivity contribution is -0.120. The van der Waals surface area contributed by atoms with Gasteiger partial charge in [-0.25, -0.2) is 8.42 Å². The molecule has 10 heteroatoms. The number of carbonyl (C=O) groups is 1. The second-order valence-electron chi connectivity index (χ2n) is 7.32. The van der Waals surface area contributed by atoms with Crippen LogP contribution in [-0.4, -0.2) is 35.1 Å².